The van der Waals surface area contributed by atoms with Gasteiger partial charge in [-0.2, -0.15) is 0 Å². The van der Waals surface area contributed by atoms with Crippen LogP contribution in [0.5, 0.6) is 0 Å². The zero-order valence-electron chi connectivity index (χ0n) is 12.3. The molecule has 21 heavy (non-hydrogen) atoms. The van der Waals surface area contributed by atoms with Crippen LogP contribution in [0.3, 0.4) is 0 Å². The Morgan fingerprint density at radius 3 is 2.43 bits per heavy atom. The van der Waals surface area contributed by atoms with Crippen molar-refractivity contribution in [2.45, 2.75) is 44.4 Å². The van der Waals surface area contributed by atoms with Gasteiger partial charge in [-0.15, -0.1) is 0 Å². The zero-order chi connectivity index (χ0) is 15.4. The molecule has 2 unspecified atom stereocenters. The zero-order valence-corrected chi connectivity index (χ0v) is 12.3. The van der Waals surface area contributed by atoms with Crippen LogP contribution in [0.1, 0.15) is 50.2 Å². The number of benzene rings is 1. The highest BCUT2D eigenvalue weighted by molar-refractivity contribution is 5.83. The van der Waals surface area contributed by atoms with E-state index in [9.17, 15) is 19.8 Å². The van der Waals surface area contributed by atoms with E-state index in [1.54, 1.807) is 6.92 Å². The van der Waals surface area contributed by atoms with Crippen LogP contribution in [0.4, 0.5) is 0 Å². The molecular formula is C17H20O4. The van der Waals surface area contributed by atoms with E-state index in [1.807, 2.05) is 31.2 Å². The van der Waals surface area contributed by atoms with Crippen molar-refractivity contribution in [2.75, 3.05) is 0 Å². The Balaban J connectivity index is 2.26. The van der Waals surface area contributed by atoms with Gasteiger partial charge in [-0.3, -0.25) is 9.59 Å². The minimum atomic E-state index is -0.991. The highest BCUT2D eigenvalue weighted by atomic mass is 16.4. The Kier molecular flexibility index (Phi) is 2.91. The second-order valence-corrected chi connectivity index (χ2v) is 6.87. The van der Waals surface area contributed by atoms with Gasteiger partial charge < -0.3 is 10.2 Å². The predicted octanol–water partition coefficient (Wildman–Crippen LogP) is 3.02. The van der Waals surface area contributed by atoms with Crippen LogP contribution in [0, 0.1) is 11.3 Å². The molecular weight excluding hydrogens is 268 g/mol. The van der Waals surface area contributed by atoms with Crippen LogP contribution in [0.15, 0.2) is 24.3 Å². The molecule has 1 fully saturated rings. The summed E-state index contributed by atoms with van der Waals surface area (Å²) >= 11 is 0. The number of hydrogen-bond donors (Lipinski definition) is 2. The third-order valence-electron chi connectivity index (χ3n) is 5.76. The molecule has 0 spiro atoms. The monoisotopic (exact) mass is 288 g/mol. The van der Waals surface area contributed by atoms with Crippen molar-refractivity contribution in [2.24, 2.45) is 11.3 Å². The van der Waals surface area contributed by atoms with E-state index in [0.29, 0.717) is 6.42 Å². The fourth-order valence-corrected chi connectivity index (χ4v) is 4.86. The summed E-state index contributed by atoms with van der Waals surface area (Å²) in [5, 5.41) is 19.5. The van der Waals surface area contributed by atoms with Gasteiger partial charge in [0.25, 0.3) is 0 Å². The molecule has 0 aliphatic heterocycles. The molecule has 4 nitrogen and oxygen atoms in total. The van der Waals surface area contributed by atoms with Crippen molar-refractivity contribution in [3.8, 4) is 0 Å². The third-order valence-corrected chi connectivity index (χ3v) is 5.76. The molecule has 4 heteroatoms. The Morgan fingerprint density at radius 2 is 1.81 bits per heavy atom. The largest absolute Gasteiger partial charge is 0.481 e. The Labute approximate surface area is 123 Å². The van der Waals surface area contributed by atoms with Crippen molar-refractivity contribution in [3.63, 3.8) is 0 Å². The van der Waals surface area contributed by atoms with Gasteiger partial charge in [0.2, 0.25) is 0 Å². The number of carboxylic acids is 2. The molecule has 3 rings (SSSR count). The van der Waals surface area contributed by atoms with Crippen LogP contribution in [-0.2, 0) is 15.0 Å². The SMILES string of the molecule is C[C@@]1(C(=O)O)CCC[C@@]2(C)c3ccccc3C(C(=O)O)C12. The maximum absolute atomic E-state index is 11.9. The molecule has 1 aromatic rings. The standard InChI is InChI=1S/C17H20O4/c1-16-8-5-9-17(2,15(20)21)13(16)12(14(18)19)10-6-3-4-7-11(10)16/h3-4,6-7,12-13H,5,8-9H2,1-2H3,(H,18,19)(H,20,21)/t12?,13?,16-,17+/m0/s1. The maximum atomic E-state index is 11.9. The molecule has 0 saturated heterocycles. The van der Waals surface area contributed by atoms with Crippen molar-refractivity contribution < 1.29 is 19.8 Å². The predicted molar refractivity (Wildman–Crippen MR) is 77.3 cm³/mol. The minimum Gasteiger partial charge on any atom is -0.481 e. The molecule has 0 aromatic heterocycles. The Hall–Kier alpha value is -1.84. The molecule has 0 heterocycles. The molecule has 4 atom stereocenters. The lowest BCUT2D eigenvalue weighted by Crippen LogP contribution is -2.50. The van der Waals surface area contributed by atoms with Crippen molar-refractivity contribution in [1.82, 2.24) is 0 Å². The van der Waals surface area contributed by atoms with Gasteiger partial charge in [-0.05, 0) is 36.3 Å². The summed E-state index contributed by atoms with van der Waals surface area (Å²) in [5.41, 5.74) is 0.460. The van der Waals surface area contributed by atoms with Crippen LogP contribution >= 0.6 is 0 Å². The molecule has 1 aromatic carbocycles. The van der Waals surface area contributed by atoms with Gasteiger partial charge in [0.05, 0.1) is 11.3 Å². The third kappa shape index (κ3) is 1.68. The number of carbonyl (C=O) groups is 2. The molecule has 0 amide bonds. The highest BCUT2D eigenvalue weighted by Gasteiger charge is 2.62. The quantitative estimate of drug-likeness (QED) is 0.877. The van der Waals surface area contributed by atoms with Crippen LogP contribution in [0.2, 0.25) is 0 Å². The van der Waals surface area contributed by atoms with Gasteiger partial charge in [-0.1, -0.05) is 37.6 Å². The molecule has 112 valence electrons. The van der Waals surface area contributed by atoms with E-state index in [-0.39, 0.29) is 5.41 Å². The molecule has 2 N–H and O–H groups in total. The number of hydrogen-bond acceptors (Lipinski definition) is 2. The van der Waals surface area contributed by atoms with E-state index in [2.05, 4.69) is 0 Å². The Morgan fingerprint density at radius 1 is 1.14 bits per heavy atom. The lowest BCUT2D eigenvalue weighted by molar-refractivity contribution is -0.160. The second-order valence-electron chi connectivity index (χ2n) is 6.87. The molecule has 1 saturated carbocycles. The molecule has 0 bridgehead atoms. The summed E-state index contributed by atoms with van der Waals surface area (Å²) in [5.74, 6) is -2.92. The van der Waals surface area contributed by atoms with E-state index in [1.165, 1.54) is 0 Å². The van der Waals surface area contributed by atoms with Gasteiger partial charge in [0, 0.05) is 5.92 Å². The first-order valence-corrected chi connectivity index (χ1v) is 7.38. The van der Waals surface area contributed by atoms with Gasteiger partial charge in [0.1, 0.15) is 0 Å². The van der Waals surface area contributed by atoms with Crippen LogP contribution < -0.4 is 0 Å². The number of aliphatic carboxylic acids is 2. The Bertz CT molecular complexity index is 623. The van der Waals surface area contributed by atoms with Gasteiger partial charge >= 0.3 is 11.9 Å². The van der Waals surface area contributed by atoms with Crippen molar-refractivity contribution in [3.05, 3.63) is 35.4 Å². The summed E-state index contributed by atoms with van der Waals surface area (Å²) in [6, 6.07) is 7.57. The lowest BCUT2D eigenvalue weighted by Gasteiger charge is -2.48. The van der Waals surface area contributed by atoms with E-state index in [0.717, 1.165) is 24.0 Å². The van der Waals surface area contributed by atoms with Crippen molar-refractivity contribution in [1.29, 1.82) is 0 Å². The van der Waals surface area contributed by atoms with Gasteiger partial charge in [-0.25, -0.2) is 0 Å². The number of carboxylic acid groups (broad SMARTS) is 2. The first-order valence-electron chi connectivity index (χ1n) is 7.38. The van der Waals surface area contributed by atoms with E-state index in [4.69, 9.17) is 0 Å². The summed E-state index contributed by atoms with van der Waals surface area (Å²) in [7, 11) is 0. The smallest absolute Gasteiger partial charge is 0.311 e. The summed E-state index contributed by atoms with van der Waals surface area (Å²) in [6.07, 6.45) is 2.21. The van der Waals surface area contributed by atoms with E-state index < -0.39 is 29.2 Å². The minimum absolute atomic E-state index is 0.370. The van der Waals surface area contributed by atoms with Crippen LogP contribution in [0.25, 0.3) is 0 Å². The topological polar surface area (TPSA) is 74.6 Å². The lowest BCUT2D eigenvalue weighted by atomic mass is 9.54. The summed E-state index contributed by atoms with van der Waals surface area (Å²) in [6.45, 7) is 3.76. The first kappa shape index (κ1) is 14.1. The first-order chi connectivity index (χ1) is 9.82. The summed E-state index contributed by atoms with van der Waals surface area (Å²) in [4.78, 5) is 23.8. The normalized spacial score (nSPS) is 37.6. The highest BCUT2D eigenvalue weighted by Crippen LogP contribution is 2.63. The second kappa shape index (κ2) is 4.33. The maximum Gasteiger partial charge on any atom is 0.311 e. The van der Waals surface area contributed by atoms with Crippen LogP contribution in [-0.4, -0.2) is 22.2 Å². The summed E-state index contributed by atoms with van der Waals surface area (Å²) < 4.78 is 0. The fourth-order valence-electron chi connectivity index (χ4n) is 4.86. The fraction of sp³-hybridized carbons (Fsp3) is 0.529. The number of fused-ring (bicyclic) bond motifs is 3. The molecule has 2 aliphatic rings. The molecule has 0 radical (unpaired) electrons. The van der Waals surface area contributed by atoms with Crippen molar-refractivity contribution >= 4 is 11.9 Å². The average molecular weight is 288 g/mol. The average Bonchev–Trinajstić information content (AvgIpc) is 2.70. The van der Waals surface area contributed by atoms with E-state index >= 15 is 0 Å². The number of rotatable bonds is 2. The molecule has 2 aliphatic carbocycles. The van der Waals surface area contributed by atoms with Gasteiger partial charge in [0.15, 0.2) is 0 Å².